The van der Waals surface area contributed by atoms with Crippen molar-refractivity contribution in [3.8, 4) is 0 Å². The molecule has 0 aliphatic heterocycles. The SMILES string of the molecule is CC(NCCC(=O)NC(C)(C)C)c1ccc(Br)cc1F. The van der Waals surface area contributed by atoms with Crippen LogP contribution < -0.4 is 10.6 Å². The highest BCUT2D eigenvalue weighted by Crippen LogP contribution is 2.20. The minimum atomic E-state index is -0.251. The first kappa shape index (κ1) is 17.1. The van der Waals surface area contributed by atoms with Gasteiger partial charge in [0.05, 0.1) is 0 Å². The fraction of sp³-hybridized carbons (Fsp3) is 0.533. The summed E-state index contributed by atoms with van der Waals surface area (Å²) < 4.78 is 14.5. The molecule has 2 N–H and O–H groups in total. The maximum Gasteiger partial charge on any atom is 0.221 e. The smallest absolute Gasteiger partial charge is 0.221 e. The van der Waals surface area contributed by atoms with Gasteiger partial charge in [0.2, 0.25) is 5.91 Å². The number of hydrogen-bond acceptors (Lipinski definition) is 2. The normalized spacial score (nSPS) is 13.1. The third kappa shape index (κ3) is 6.01. The lowest BCUT2D eigenvalue weighted by molar-refractivity contribution is -0.122. The van der Waals surface area contributed by atoms with Crippen molar-refractivity contribution in [2.75, 3.05) is 6.54 Å². The summed E-state index contributed by atoms with van der Waals surface area (Å²) in [4.78, 5) is 11.7. The van der Waals surface area contributed by atoms with Crippen LogP contribution in [0, 0.1) is 5.82 Å². The summed E-state index contributed by atoms with van der Waals surface area (Å²) in [6, 6.07) is 4.86. The van der Waals surface area contributed by atoms with Crippen molar-refractivity contribution in [1.82, 2.24) is 10.6 Å². The van der Waals surface area contributed by atoms with Crippen molar-refractivity contribution >= 4 is 21.8 Å². The van der Waals surface area contributed by atoms with Crippen molar-refractivity contribution in [2.45, 2.75) is 45.7 Å². The molecule has 0 radical (unpaired) electrons. The monoisotopic (exact) mass is 344 g/mol. The fourth-order valence-corrected chi connectivity index (χ4v) is 2.18. The predicted molar refractivity (Wildman–Crippen MR) is 83.0 cm³/mol. The van der Waals surface area contributed by atoms with Crippen molar-refractivity contribution in [1.29, 1.82) is 0 Å². The van der Waals surface area contributed by atoms with E-state index in [0.717, 1.165) is 4.47 Å². The molecule has 0 bridgehead atoms. The molecular weight excluding hydrogens is 323 g/mol. The Hall–Kier alpha value is -0.940. The molecule has 0 fully saturated rings. The Morgan fingerprint density at radius 3 is 2.60 bits per heavy atom. The van der Waals surface area contributed by atoms with Gasteiger partial charge in [0.25, 0.3) is 0 Å². The molecule has 1 amide bonds. The molecule has 1 unspecified atom stereocenters. The number of carbonyl (C=O) groups is 1. The van der Waals surface area contributed by atoms with Crippen LogP contribution in [0.15, 0.2) is 22.7 Å². The molecule has 0 heterocycles. The van der Waals surface area contributed by atoms with E-state index in [4.69, 9.17) is 0 Å². The average molecular weight is 345 g/mol. The minimum absolute atomic E-state index is 0.00604. The molecule has 0 aliphatic carbocycles. The van der Waals surface area contributed by atoms with Gasteiger partial charge in [-0.2, -0.15) is 0 Å². The Labute approximate surface area is 128 Å². The molecule has 112 valence electrons. The van der Waals surface area contributed by atoms with E-state index in [1.165, 1.54) is 6.07 Å². The summed E-state index contributed by atoms with van der Waals surface area (Å²) in [5, 5.41) is 6.05. The Bertz CT molecular complexity index is 471. The highest BCUT2D eigenvalue weighted by molar-refractivity contribution is 9.10. The number of halogens is 2. The van der Waals surface area contributed by atoms with E-state index < -0.39 is 0 Å². The number of hydrogen-bond donors (Lipinski definition) is 2. The molecule has 0 saturated carbocycles. The van der Waals surface area contributed by atoms with Crippen LogP contribution in [0.4, 0.5) is 4.39 Å². The first-order chi connectivity index (χ1) is 9.19. The van der Waals surface area contributed by atoms with Gasteiger partial charge in [0.1, 0.15) is 5.82 Å². The second-order valence-corrected chi connectivity index (χ2v) is 6.81. The van der Waals surface area contributed by atoms with E-state index in [2.05, 4.69) is 26.6 Å². The van der Waals surface area contributed by atoms with Gasteiger partial charge < -0.3 is 10.6 Å². The van der Waals surface area contributed by atoms with Crippen LogP contribution in [-0.4, -0.2) is 18.0 Å². The Balaban J connectivity index is 2.44. The van der Waals surface area contributed by atoms with E-state index in [1.54, 1.807) is 6.07 Å². The second kappa shape index (κ2) is 7.18. The summed E-state index contributed by atoms with van der Waals surface area (Å²) >= 11 is 3.23. The molecule has 1 aromatic rings. The van der Waals surface area contributed by atoms with Crippen LogP contribution in [0.2, 0.25) is 0 Å². The molecule has 3 nitrogen and oxygen atoms in total. The standard InChI is InChI=1S/C15H22BrFN2O/c1-10(12-6-5-11(16)9-13(12)17)18-8-7-14(20)19-15(2,3)4/h5-6,9-10,18H,7-8H2,1-4H3,(H,19,20). The lowest BCUT2D eigenvalue weighted by atomic mass is 10.1. The van der Waals surface area contributed by atoms with Gasteiger partial charge in [-0.3, -0.25) is 4.79 Å². The van der Waals surface area contributed by atoms with E-state index in [-0.39, 0.29) is 23.3 Å². The van der Waals surface area contributed by atoms with Gasteiger partial charge in [-0.15, -0.1) is 0 Å². The summed E-state index contributed by atoms with van der Waals surface area (Å²) in [5.74, 6) is -0.257. The quantitative estimate of drug-likeness (QED) is 0.857. The zero-order chi connectivity index (χ0) is 15.3. The maximum atomic E-state index is 13.8. The molecule has 1 aromatic carbocycles. The van der Waals surface area contributed by atoms with Crippen molar-refractivity contribution in [2.24, 2.45) is 0 Å². The molecule has 20 heavy (non-hydrogen) atoms. The molecule has 1 rings (SSSR count). The van der Waals surface area contributed by atoms with Crippen molar-refractivity contribution in [3.63, 3.8) is 0 Å². The third-order valence-electron chi connectivity index (χ3n) is 2.75. The Kier molecular flexibility index (Phi) is 6.14. The summed E-state index contributed by atoms with van der Waals surface area (Å²) in [5.41, 5.74) is 0.380. The predicted octanol–water partition coefficient (Wildman–Crippen LogP) is 3.54. The lowest BCUT2D eigenvalue weighted by Gasteiger charge is -2.21. The molecule has 0 spiro atoms. The van der Waals surface area contributed by atoms with Gasteiger partial charge in [0.15, 0.2) is 0 Å². The van der Waals surface area contributed by atoms with E-state index in [0.29, 0.717) is 18.5 Å². The van der Waals surface area contributed by atoms with E-state index in [9.17, 15) is 9.18 Å². The van der Waals surface area contributed by atoms with Crippen LogP contribution in [-0.2, 0) is 4.79 Å². The highest BCUT2D eigenvalue weighted by Gasteiger charge is 2.14. The van der Waals surface area contributed by atoms with Gasteiger partial charge in [-0.05, 0) is 39.8 Å². The van der Waals surface area contributed by atoms with Crippen LogP contribution in [0.25, 0.3) is 0 Å². The first-order valence-electron chi connectivity index (χ1n) is 6.68. The largest absolute Gasteiger partial charge is 0.351 e. The first-order valence-corrected chi connectivity index (χ1v) is 7.47. The molecule has 1 atom stereocenters. The summed E-state index contributed by atoms with van der Waals surface area (Å²) in [6.07, 6.45) is 0.375. The topological polar surface area (TPSA) is 41.1 Å². The molecule has 0 aromatic heterocycles. The Morgan fingerprint density at radius 2 is 2.05 bits per heavy atom. The lowest BCUT2D eigenvalue weighted by Crippen LogP contribution is -2.41. The van der Waals surface area contributed by atoms with Gasteiger partial charge in [0, 0.05) is 34.6 Å². The molecule has 0 saturated heterocycles. The van der Waals surface area contributed by atoms with Gasteiger partial charge >= 0.3 is 0 Å². The maximum absolute atomic E-state index is 13.8. The number of rotatable bonds is 5. The van der Waals surface area contributed by atoms with Crippen LogP contribution >= 0.6 is 15.9 Å². The third-order valence-corrected chi connectivity index (χ3v) is 3.24. The number of carbonyl (C=O) groups excluding carboxylic acids is 1. The Morgan fingerprint density at radius 1 is 1.40 bits per heavy atom. The van der Waals surface area contributed by atoms with Crippen LogP contribution in [0.1, 0.15) is 45.7 Å². The van der Waals surface area contributed by atoms with Crippen LogP contribution in [0.5, 0.6) is 0 Å². The van der Waals surface area contributed by atoms with Crippen molar-refractivity contribution in [3.05, 3.63) is 34.1 Å². The molecule has 5 heteroatoms. The molecular formula is C15H22BrFN2O. The highest BCUT2D eigenvalue weighted by atomic mass is 79.9. The summed E-state index contributed by atoms with van der Waals surface area (Å²) in [7, 11) is 0. The summed E-state index contributed by atoms with van der Waals surface area (Å²) in [6.45, 7) is 8.22. The number of nitrogens with one attached hydrogen (secondary N) is 2. The second-order valence-electron chi connectivity index (χ2n) is 5.89. The van der Waals surface area contributed by atoms with Gasteiger partial charge in [-0.25, -0.2) is 4.39 Å². The molecule has 0 aliphatic rings. The van der Waals surface area contributed by atoms with Crippen LogP contribution in [0.3, 0.4) is 0 Å². The average Bonchev–Trinajstić information content (AvgIpc) is 2.25. The fourth-order valence-electron chi connectivity index (χ4n) is 1.85. The van der Waals surface area contributed by atoms with E-state index >= 15 is 0 Å². The zero-order valence-corrected chi connectivity index (χ0v) is 14.0. The zero-order valence-electron chi connectivity index (χ0n) is 12.4. The number of amides is 1. The van der Waals surface area contributed by atoms with E-state index in [1.807, 2.05) is 33.8 Å². The van der Waals surface area contributed by atoms with Crippen molar-refractivity contribution < 1.29 is 9.18 Å². The minimum Gasteiger partial charge on any atom is -0.351 e. The van der Waals surface area contributed by atoms with Gasteiger partial charge in [-0.1, -0.05) is 22.0 Å². The number of benzene rings is 1.